The van der Waals surface area contributed by atoms with Gasteiger partial charge in [0.1, 0.15) is 17.2 Å². The Morgan fingerprint density at radius 1 is 0.963 bits per heavy atom. The first-order valence-electron chi connectivity index (χ1n) is 8.47. The van der Waals surface area contributed by atoms with Crippen molar-refractivity contribution in [3.63, 3.8) is 0 Å². The van der Waals surface area contributed by atoms with Gasteiger partial charge in [-0.2, -0.15) is 0 Å². The first-order chi connectivity index (χ1) is 13.2. The number of para-hydroxylation sites is 1. The van der Waals surface area contributed by atoms with Crippen molar-refractivity contribution in [3.8, 4) is 11.5 Å². The van der Waals surface area contributed by atoms with Gasteiger partial charge >= 0.3 is 0 Å². The molecule has 0 aliphatic heterocycles. The summed E-state index contributed by atoms with van der Waals surface area (Å²) >= 11 is 0. The van der Waals surface area contributed by atoms with Gasteiger partial charge in [-0.1, -0.05) is 24.3 Å². The highest BCUT2D eigenvalue weighted by Gasteiger charge is 2.08. The smallest absolute Gasteiger partial charge is 0.274 e. The molecular weight excluding hydrogens is 342 g/mol. The van der Waals surface area contributed by atoms with E-state index in [1.54, 1.807) is 38.6 Å². The predicted molar refractivity (Wildman–Crippen MR) is 106 cm³/mol. The Kier molecular flexibility index (Phi) is 5.89. The fourth-order valence-corrected chi connectivity index (χ4v) is 2.58. The molecule has 0 atom stereocenters. The summed E-state index contributed by atoms with van der Waals surface area (Å²) in [5, 5.41) is 6.08. The summed E-state index contributed by atoms with van der Waals surface area (Å²) in [4.78, 5) is 16.6. The minimum atomic E-state index is -0.278. The molecule has 0 bridgehead atoms. The molecule has 0 aliphatic carbocycles. The highest BCUT2D eigenvalue weighted by atomic mass is 16.5. The highest BCUT2D eigenvalue weighted by molar-refractivity contribution is 6.03. The number of benzene rings is 2. The Morgan fingerprint density at radius 2 is 1.81 bits per heavy atom. The van der Waals surface area contributed by atoms with E-state index in [9.17, 15) is 4.79 Å². The number of anilines is 2. The van der Waals surface area contributed by atoms with Crippen molar-refractivity contribution in [2.45, 2.75) is 6.54 Å². The second-order valence-corrected chi connectivity index (χ2v) is 5.78. The fourth-order valence-electron chi connectivity index (χ4n) is 2.58. The number of methoxy groups -OCH3 is 2. The zero-order valence-corrected chi connectivity index (χ0v) is 15.2. The number of ether oxygens (including phenoxy) is 2. The lowest BCUT2D eigenvalue weighted by Gasteiger charge is -2.11. The van der Waals surface area contributed by atoms with E-state index in [-0.39, 0.29) is 5.91 Å². The van der Waals surface area contributed by atoms with E-state index in [0.29, 0.717) is 23.7 Å². The largest absolute Gasteiger partial charge is 0.497 e. The molecule has 138 valence electrons. The van der Waals surface area contributed by atoms with Crippen molar-refractivity contribution in [1.82, 2.24) is 4.98 Å². The summed E-state index contributed by atoms with van der Waals surface area (Å²) in [7, 11) is 3.23. The number of nitrogens with zero attached hydrogens (tertiary/aromatic N) is 1. The molecule has 0 unspecified atom stereocenters. The third kappa shape index (κ3) is 4.76. The average Bonchev–Trinajstić information content (AvgIpc) is 2.73. The van der Waals surface area contributed by atoms with Crippen molar-refractivity contribution >= 4 is 17.3 Å². The van der Waals surface area contributed by atoms with E-state index in [1.807, 2.05) is 42.5 Å². The van der Waals surface area contributed by atoms with Crippen LogP contribution in [0, 0.1) is 0 Å². The topological polar surface area (TPSA) is 72.5 Å². The molecule has 3 aromatic rings. The maximum absolute atomic E-state index is 12.3. The number of amides is 1. The summed E-state index contributed by atoms with van der Waals surface area (Å²) in [6, 6.07) is 18.5. The van der Waals surface area contributed by atoms with Crippen molar-refractivity contribution in [2.24, 2.45) is 0 Å². The number of carbonyl (C=O) groups is 1. The lowest BCUT2D eigenvalue weighted by atomic mass is 10.2. The minimum Gasteiger partial charge on any atom is -0.497 e. The molecule has 0 radical (unpaired) electrons. The molecule has 2 N–H and O–H groups in total. The van der Waals surface area contributed by atoms with Gasteiger partial charge in [0, 0.05) is 23.9 Å². The van der Waals surface area contributed by atoms with Gasteiger partial charge in [-0.25, -0.2) is 4.98 Å². The van der Waals surface area contributed by atoms with E-state index in [1.165, 1.54) is 0 Å². The lowest BCUT2D eigenvalue weighted by molar-refractivity contribution is 0.102. The van der Waals surface area contributed by atoms with Crippen LogP contribution in [0.2, 0.25) is 0 Å². The van der Waals surface area contributed by atoms with Crippen LogP contribution in [-0.2, 0) is 6.54 Å². The molecule has 1 heterocycles. The van der Waals surface area contributed by atoms with Crippen molar-refractivity contribution in [1.29, 1.82) is 0 Å². The maximum atomic E-state index is 12.3. The number of rotatable bonds is 7. The normalized spacial score (nSPS) is 10.1. The third-order valence-corrected chi connectivity index (χ3v) is 4.00. The average molecular weight is 363 g/mol. The summed E-state index contributed by atoms with van der Waals surface area (Å²) < 4.78 is 10.5. The zero-order valence-electron chi connectivity index (χ0n) is 15.2. The second-order valence-electron chi connectivity index (χ2n) is 5.78. The number of carbonyl (C=O) groups excluding carboxylic acids is 1. The zero-order chi connectivity index (χ0) is 19.1. The Hall–Kier alpha value is -3.54. The van der Waals surface area contributed by atoms with Crippen LogP contribution in [0.4, 0.5) is 11.4 Å². The van der Waals surface area contributed by atoms with E-state index < -0.39 is 0 Å². The van der Waals surface area contributed by atoms with Gasteiger partial charge in [-0.05, 0) is 30.3 Å². The van der Waals surface area contributed by atoms with Crippen molar-refractivity contribution in [3.05, 3.63) is 78.1 Å². The minimum absolute atomic E-state index is 0.278. The standard InChI is InChI=1S/C21H21N3O3/c1-26-18-8-5-7-16(12-18)24-21(25)19-11-10-17(14-23-19)22-13-15-6-3-4-9-20(15)27-2/h3-12,14,22H,13H2,1-2H3,(H,24,25). The number of hydrogen-bond acceptors (Lipinski definition) is 5. The lowest BCUT2D eigenvalue weighted by Crippen LogP contribution is -2.13. The molecule has 3 rings (SSSR count). The van der Waals surface area contributed by atoms with Gasteiger partial charge in [0.15, 0.2) is 0 Å². The summed E-state index contributed by atoms with van der Waals surface area (Å²) in [6.45, 7) is 0.598. The SMILES string of the molecule is COc1cccc(NC(=O)c2ccc(NCc3ccccc3OC)cn2)c1. The van der Waals surface area contributed by atoms with Gasteiger partial charge in [-0.3, -0.25) is 4.79 Å². The molecule has 0 spiro atoms. The predicted octanol–water partition coefficient (Wildman–Crippen LogP) is 3.96. The van der Waals surface area contributed by atoms with Crippen LogP contribution in [-0.4, -0.2) is 25.1 Å². The first-order valence-corrected chi connectivity index (χ1v) is 8.47. The van der Waals surface area contributed by atoms with E-state index in [2.05, 4.69) is 15.6 Å². The number of hydrogen-bond donors (Lipinski definition) is 2. The molecule has 2 aromatic carbocycles. The van der Waals surface area contributed by atoms with Crippen LogP contribution in [0.3, 0.4) is 0 Å². The van der Waals surface area contributed by atoms with Crippen molar-refractivity contribution < 1.29 is 14.3 Å². The molecular formula is C21H21N3O3. The number of pyridine rings is 1. The molecule has 6 nitrogen and oxygen atoms in total. The van der Waals surface area contributed by atoms with Crippen LogP contribution in [0.25, 0.3) is 0 Å². The number of aromatic nitrogens is 1. The van der Waals surface area contributed by atoms with Crippen LogP contribution < -0.4 is 20.1 Å². The molecule has 0 saturated carbocycles. The van der Waals surface area contributed by atoms with Gasteiger partial charge < -0.3 is 20.1 Å². The van der Waals surface area contributed by atoms with E-state index >= 15 is 0 Å². The summed E-state index contributed by atoms with van der Waals surface area (Å²) in [6.07, 6.45) is 1.63. The van der Waals surface area contributed by atoms with E-state index in [0.717, 1.165) is 17.0 Å². The Morgan fingerprint density at radius 3 is 2.56 bits per heavy atom. The summed E-state index contributed by atoms with van der Waals surface area (Å²) in [5.41, 5.74) is 2.85. The maximum Gasteiger partial charge on any atom is 0.274 e. The van der Waals surface area contributed by atoms with E-state index in [4.69, 9.17) is 9.47 Å². The highest BCUT2D eigenvalue weighted by Crippen LogP contribution is 2.20. The Bertz CT molecular complexity index is 911. The Labute approximate surface area is 158 Å². The Balaban J connectivity index is 1.61. The van der Waals surface area contributed by atoms with Crippen LogP contribution in [0.1, 0.15) is 16.1 Å². The molecule has 0 aliphatic rings. The summed E-state index contributed by atoms with van der Waals surface area (Å²) in [5.74, 6) is 1.23. The quantitative estimate of drug-likeness (QED) is 0.665. The molecule has 0 saturated heterocycles. The first kappa shape index (κ1) is 18.3. The van der Waals surface area contributed by atoms with Gasteiger partial charge in [0.25, 0.3) is 5.91 Å². The van der Waals surface area contributed by atoms with Gasteiger partial charge in [0.2, 0.25) is 0 Å². The molecule has 6 heteroatoms. The van der Waals surface area contributed by atoms with Crippen LogP contribution in [0.15, 0.2) is 66.9 Å². The van der Waals surface area contributed by atoms with Gasteiger partial charge in [0.05, 0.1) is 26.1 Å². The van der Waals surface area contributed by atoms with Crippen LogP contribution in [0.5, 0.6) is 11.5 Å². The third-order valence-electron chi connectivity index (χ3n) is 4.00. The van der Waals surface area contributed by atoms with Gasteiger partial charge in [-0.15, -0.1) is 0 Å². The van der Waals surface area contributed by atoms with Crippen molar-refractivity contribution in [2.75, 3.05) is 24.9 Å². The second kappa shape index (κ2) is 8.71. The molecule has 1 amide bonds. The monoisotopic (exact) mass is 363 g/mol. The molecule has 27 heavy (non-hydrogen) atoms. The number of nitrogens with one attached hydrogen (secondary N) is 2. The van der Waals surface area contributed by atoms with Crippen LogP contribution >= 0.6 is 0 Å². The molecule has 0 fully saturated rings. The molecule has 1 aromatic heterocycles. The fraction of sp³-hybridized carbons (Fsp3) is 0.143.